The first-order valence-corrected chi connectivity index (χ1v) is 6.53. The second-order valence-corrected chi connectivity index (χ2v) is 4.32. The SMILES string of the molecule is CCOc1ccccc1C1CNCCN1CC. The molecule has 0 radical (unpaired) electrons. The second-order valence-electron chi connectivity index (χ2n) is 4.32. The summed E-state index contributed by atoms with van der Waals surface area (Å²) in [5, 5.41) is 3.47. The van der Waals surface area contributed by atoms with E-state index in [1.165, 1.54) is 5.56 Å². The van der Waals surface area contributed by atoms with Crippen molar-refractivity contribution in [3.63, 3.8) is 0 Å². The van der Waals surface area contributed by atoms with Gasteiger partial charge in [-0.1, -0.05) is 25.1 Å². The Kier molecular flexibility index (Phi) is 4.40. The highest BCUT2D eigenvalue weighted by molar-refractivity contribution is 5.36. The minimum absolute atomic E-state index is 0.441. The molecule has 0 spiro atoms. The van der Waals surface area contributed by atoms with Gasteiger partial charge in [-0.2, -0.15) is 0 Å². The molecule has 1 aliphatic heterocycles. The van der Waals surface area contributed by atoms with Crippen LogP contribution in [0, 0.1) is 0 Å². The average Bonchev–Trinajstić information content (AvgIpc) is 2.40. The molecule has 1 aliphatic rings. The van der Waals surface area contributed by atoms with E-state index in [-0.39, 0.29) is 0 Å². The Bertz CT molecular complexity index is 354. The number of ether oxygens (including phenoxy) is 1. The molecular weight excluding hydrogens is 212 g/mol. The number of hydrogen-bond acceptors (Lipinski definition) is 3. The third-order valence-electron chi connectivity index (χ3n) is 3.34. The monoisotopic (exact) mass is 234 g/mol. The van der Waals surface area contributed by atoms with Crippen LogP contribution in [0.5, 0.6) is 5.75 Å². The van der Waals surface area contributed by atoms with Crippen LogP contribution in [0.15, 0.2) is 24.3 Å². The first-order valence-electron chi connectivity index (χ1n) is 6.53. The van der Waals surface area contributed by atoms with E-state index in [1.807, 2.05) is 13.0 Å². The van der Waals surface area contributed by atoms with Crippen LogP contribution in [0.4, 0.5) is 0 Å². The number of likely N-dealkylation sites (N-methyl/N-ethyl adjacent to an activating group) is 1. The molecule has 0 bridgehead atoms. The molecule has 17 heavy (non-hydrogen) atoms. The summed E-state index contributed by atoms with van der Waals surface area (Å²) in [5.74, 6) is 1.03. The fourth-order valence-corrected chi connectivity index (χ4v) is 2.47. The van der Waals surface area contributed by atoms with Crippen molar-refractivity contribution in [1.29, 1.82) is 0 Å². The predicted octanol–water partition coefficient (Wildman–Crippen LogP) is 2.05. The summed E-state index contributed by atoms with van der Waals surface area (Å²) >= 11 is 0. The van der Waals surface area contributed by atoms with Gasteiger partial charge in [0.05, 0.1) is 12.6 Å². The highest BCUT2D eigenvalue weighted by Crippen LogP contribution is 2.29. The number of nitrogens with zero attached hydrogens (tertiary/aromatic N) is 1. The number of hydrogen-bond donors (Lipinski definition) is 1. The molecule has 2 rings (SSSR count). The van der Waals surface area contributed by atoms with Crippen molar-refractivity contribution in [3.05, 3.63) is 29.8 Å². The highest BCUT2D eigenvalue weighted by Gasteiger charge is 2.24. The lowest BCUT2D eigenvalue weighted by molar-refractivity contribution is 0.166. The zero-order chi connectivity index (χ0) is 12.1. The summed E-state index contributed by atoms with van der Waals surface area (Å²) in [6.07, 6.45) is 0. The van der Waals surface area contributed by atoms with Crippen LogP contribution < -0.4 is 10.1 Å². The van der Waals surface area contributed by atoms with Gasteiger partial charge in [0, 0.05) is 25.2 Å². The number of para-hydroxylation sites is 1. The van der Waals surface area contributed by atoms with Gasteiger partial charge < -0.3 is 10.1 Å². The molecule has 94 valence electrons. The normalized spacial score (nSPS) is 21.4. The van der Waals surface area contributed by atoms with Gasteiger partial charge in [0.1, 0.15) is 5.75 Å². The Morgan fingerprint density at radius 2 is 2.18 bits per heavy atom. The Morgan fingerprint density at radius 3 is 2.94 bits per heavy atom. The van der Waals surface area contributed by atoms with Crippen molar-refractivity contribution in [1.82, 2.24) is 10.2 Å². The number of nitrogens with one attached hydrogen (secondary N) is 1. The molecule has 1 heterocycles. The minimum Gasteiger partial charge on any atom is -0.494 e. The van der Waals surface area contributed by atoms with Gasteiger partial charge in [-0.25, -0.2) is 0 Å². The zero-order valence-electron chi connectivity index (χ0n) is 10.8. The molecule has 1 atom stereocenters. The summed E-state index contributed by atoms with van der Waals surface area (Å²) < 4.78 is 5.73. The first-order chi connectivity index (χ1) is 8.36. The Balaban J connectivity index is 2.24. The molecule has 1 N–H and O–H groups in total. The standard InChI is InChI=1S/C14H22N2O/c1-3-16-10-9-15-11-13(16)12-7-5-6-8-14(12)17-4-2/h5-8,13,15H,3-4,9-11H2,1-2H3. The summed E-state index contributed by atoms with van der Waals surface area (Å²) in [4.78, 5) is 2.51. The maximum absolute atomic E-state index is 5.73. The third-order valence-corrected chi connectivity index (χ3v) is 3.34. The molecule has 1 unspecified atom stereocenters. The maximum atomic E-state index is 5.73. The van der Waals surface area contributed by atoms with E-state index in [0.717, 1.165) is 38.5 Å². The number of benzene rings is 1. The second kappa shape index (κ2) is 6.03. The van der Waals surface area contributed by atoms with Gasteiger partial charge in [0.25, 0.3) is 0 Å². The van der Waals surface area contributed by atoms with Crippen molar-refractivity contribution in [2.24, 2.45) is 0 Å². The molecule has 0 aliphatic carbocycles. The quantitative estimate of drug-likeness (QED) is 0.863. The van der Waals surface area contributed by atoms with Gasteiger partial charge in [-0.3, -0.25) is 4.90 Å². The van der Waals surface area contributed by atoms with Gasteiger partial charge in [0.2, 0.25) is 0 Å². The molecule has 1 fully saturated rings. The van der Waals surface area contributed by atoms with Crippen LogP contribution in [0.25, 0.3) is 0 Å². The smallest absolute Gasteiger partial charge is 0.124 e. The van der Waals surface area contributed by atoms with Gasteiger partial charge in [-0.15, -0.1) is 0 Å². The van der Waals surface area contributed by atoms with Crippen molar-refractivity contribution >= 4 is 0 Å². The highest BCUT2D eigenvalue weighted by atomic mass is 16.5. The molecule has 1 aromatic carbocycles. The molecule has 1 aromatic rings. The first kappa shape index (κ1) is 12.4. The minimum atomic E-state index is 0.441. The number of piperazine rings is 1. The molecule has 3 nitrogen and oxygen atoms in total. The van der Waals surface area contributed by atoms with Gasteiger partial charge in [-0.05, 0) is 19.5 Å². The lowest BCUT2D eigenvalue weighted by atomic mass is 10.0. The van der Waals surface area contributed by atoms with E-state index in [2.05, 4.69) is 35.3 Å². The molecule has 0 amide bonds. The topological polar surface area (TPSA) is 24.5 Å². The van der Waals surface area contributed by atoms with Gasteiger partial charge >= 0.3 is 0 Å². The maximum Gasteiger partial charge on any atom is 0.124 e. The Morgan fingerprint density at radius 1 is 1.35 bits per heavy atom. The zero-order valence-corrected chi connectivity index (χ0v) is 10.8. The predicted molar refractivity (Wildman–Crippen MR) is 70.5 cm³/mol. The van der Waals surface area contributed by atoms with Crippen LogP contribution in [-0.2, 0) is 0 Å². The van der Waals surface area contributed by atoms with E-state index in [0.29, 0.717) is 6.04 Å². The van der Waals surface area contributed by atoms with E-state index in [4.69, 9.17) is 4.74 Å². The molecular formula is C14H22N2O. The summed E-state index contributed by atoms with van der Waals surface area (Å²) in [5.41, 5.74) is 1.31. The van der Waals surface area contributed by atoms with Crippen molar-refractivity contribution < 1.29 is 4.74 Å². The molecule has 0 aromatic heterocycles. The van der Waals surface area contributed by atoms with Crippen LogP contribution in [-0.4, -0.2) is 37.7 Å². The van der Waals surface area contributed by atoms with Crippen LogP contribution in [0.3, 0.4) is 0 Å². The number of rotatable bonds is 4. The fourth-order valence-electron chi connectivity index (χ4n) is 2.47. The Labute approximate surface area is 104 Å². The van der Waals surface area contributed by atoms with Crippen LogP contribution in [0.2, 0.25) is 0 Å². The lowest BCUT2D eigenvalue weighted by Crippen LogP contribution is -2.45. The van der Waals surface area contributed by atoms with E-state index < -0.39 is 0 Å². The average molecular weight is 234 g/mol. The summed E-state index contributed by atoms with van der Waals surface area (Å²) in [7, 11) is 0. The van der Waals surface area contributed by atoms with E-state index >= 15 is 0 Å². The van der Waals surface area contributed by atoms with Crippen LogP contribution in [0.1, 0.15) is 25.5 Å². The van der Waals surface area contributed by atoms with Crippen molar-refractivity contribution in [2.45, 2.75) is 19.9 Å². The summed E-state index contributed by atoms with van der Waals surface area (Å²) in [6.45, 7) is 9.28. The van der Waals surface area contributed by atoms with Gasteiger partial charge in [0.15, 0.2) is 0 Å². The van der Waals surface area contributed by atoms with Crippen LogP contribution >= 0.6 is 0 Å². The van der Waals surface area contributed by atoms with Crippen molar-refractivity contribution in [2.75, 3.05) is 32.8 Å². The van der Waals surface area contributed by atoms with E-state index in [9.17, 15) is 0 Å². The fraction of sp³-hybridized carbons (Fsp3) is 0.571. The molecule has 1 saturated heterocycles. The lowest BCUT2D eigenvalue weighted by Gasteiger charge is -2.36. The molecule has 3 heteroatoms. The van der Waals surface area contributed by atoms with Crippen molar-refractivity contribution in [3.8, 4) is 5.75 Å². The summed E-state index contributed by atoms with van der Waals surface area (Å²) in [6, 6.07) is 8.84. The Hall–Kier alpha value is -1.06. The molecule has 0 saturated carbocycles. The van der Waals surface area contributed by atoms with E-state index in [1.54, 1.807) is 0 Å². The third kappa shape index (κ3) is 2.79. The largest absolute Gasteiger partial charge is 0.494 e.